The average molecular weight is 375 g/mol. The van der Waals surface area contributed by atoms with Crippen LogP contribution >= 0.6 is 0 Å². The first-order valence-electron chi connectivity index (χ1n) is 9.05. The van der Waals surface area contributed by atoms with Crippen molar-refractivity contribution in [1.82, 2.24) is 15.5 Å². The summed E-state index contributed by atoms with van der Waals surface area (Å²) in [5.41, 5.74) is 0.638. The lowest BCUT2D eigenvalue weighted by atomic mass is 9.95. The molecule has 1 fully saturated rings. The Bertz CT molecular complexity index is 669. The lowest BCUT2D eigenvalue weighted by Gasteiger charge is -2.31. The number of benzene rings is 1. The largest absolute Gasteiger partial charge is 0.465 e. The zero-order valence-electron chi connectivity index (χ0n) is 15.4. The van der Waals surface area contributed by atoms with E-state index in [1.165, 1.54) is 0 Å². The van der Waals surface area contributed by atoms with Crippen LogP contribution in [0.4, 0.5) is 0 Å². The van der Waals surface area contributed by atoms with E-state index in [9.17, 15) is 19.2 Å². The predicted octanol–water partition coefficient (Wildman–Crippen LogP) is 0.334. The first-order valence-corrected chi connectivity index (χ1v) is 9.05. The van der Waals surface area contributed by atoms with Crippen molar-refractivity contribution in [2.45, 2.75) is 19.8 Å². The van der Waals surface area contributed by atoms with Gasteiger partial charge in [0.05, 0.1) is 13.2 Å². The fourth-order valence-electron chi connectivity index (χ4n) is 2.87. The van der Waals surface area contributed by atoms with Gasteiger partial charge in [-0.15, -0.1) is 0 Å². The third-order valence-electron chi connectivity index (χ3n) is 4.33. The Labute approximate surface area is 158 Å². The SMILES string of the molecule is CCOC(=O)CNC(=O)CNC(=O)C1CCN(C(=O)c2ccccc2)CC1. The highest BCUT2D eigenvalue weighted by Gasteiger charge is 2.27. The number of rotatable bonds is 7. The van der Waals surface area contributed by atoms with Gasteiger partial charge in [-0.05, 0) is 31.9 Å². The fourth-order valence-corrected chi connectivity index (χ4v) is 2.87. The van der Waals surface area contributed by atoms with Crippen molar-refractivity contribution < 1.29 is 23.9 Å². The molecule has 1 heterocycles. The Morgan fingerprint density at radius 2 is 1.70 bits per heavy atom. The van der Waals surface area contributed by atoms with Crippen LogP contribution in [0.25, 0.3) is 0 Å². The number of likely N-dealkylation sites (tertiary alicyclic amines) is 1. The van der Waals surface area contributed by atoms with Gasteiger partial charge in [-0.2, -0.15) is 0 Å². The van der Waals surface area contributed by atoms with Gasteiger partial charge in [-0.1, -0.05) is 18.2 Å². The van der Waals surface area contributed by atoms with Gasteiger partial charge in [0, 0.05) is 24.6 Å². The number of hydrogen-bond donors (Lipinski definition) is 2. The molecule has 0 aliphatic carbocycles. The van der Waals surface area contributed by atoms with E-state index in [0.717, 1.165) is 0 Å². The van der Waals surface area contributed by atoms with Gasteiger partial charge in [0.1, 0.15) is 6.54 Å². The van der Waals surface area contributed by atoms with E-state index in [1.54, 1.807) is 24.0 Å². The van der Waals surface area contributed by atoms with E-state index in [0.29, 0.717) is 31.5 Å². The van der Waals surface area contributed by atoms with Crippen LogP contribution in [0.15, 0.2) is 30.3 Å². The van der Waals surface area contributed by atoms with Gasteiger partial charge in [-0.25, -0.2) is 0 Å². The summed E-state index contributed by atoms with van der Waals surface area (Å²) in [6.45, 7) is 2.52. The van der Waals surface area contributed by atoms with Crippen molar-refractivity contribution in [2.24, 2.45) is 5.92 Å². The number of ether oxygens (including phenoxy) is 1. The van der Waals surface area contributed by atoms with Crippen molar-refractivity contribution in [3.8, 4) is 0 Å². The Balaban J connectivity index is 1.69. The van der Waals surface area contributed by atoms with Crippen molar-refractivity contribution in [2.75, 3.05) is 32.8 Å². The molecule has 1 aromatic carbocycles. The number of esters is 1. The van der Waals surface area contributed by atoms with E-state index in [-0.39, 0.29) is 37.4 Å². The van der Waals surface area contributed by atoms with Gasteiger partial charge >= 0.3 is 5.97 Å². The zero-order chi connectivity index (χ0) is 19.6. The zero-order valence-corrected chi connectivity index (χ0v) is 15.4. The van der Waals surface area contributed by atoms with Crippen LogP contribution in [0.1, 0.15) is 30.1 Å². The van der Waals surface area contributed by atoms with Crippen LogP contribution in [-0.2, 0) is 19.1 Å². The number of nitrogens with zero attached hydrogens (tertiary/aromatic N) is 1. The summed E-state index contributed by atoms with van der Waals surface area (Å²) in [5, 5.41) is 4.96. The van der Waals surface area contributed by atoms with Crippen LogP contribution in [0.3, 0.4) is 0 Å². The predicted molar refractivity (Wildman–Crippen MR) is 97.7 cm³/mol. The number of nitrogens with one attached hydrogen (secondary N) is 2. The number of carbonyl (C=O) groups is 4. The summed E-state index contributed by atoms with van der Waals surface area (Å²) < 4.78 is 4.70. The van der Waals surface area contributed by atoms with E-state index < -0.39 is 11.9 Å². The standard InChI is InChI=1S/C19H25N3O5/c1-2-27-17(24)13-20-16(23)12-21-18(25)14-8-10-22(11-9-14)19(26)15-6-4-3-5-7-15/h3-7,14H,2,8-13H2,1H3,(H,20,23)(H,21,25). The molecule has 27 heavy (non-hydrogen) atoms. The summed E-state index contributed by atoms with van der Waals surface area (Å²) in [5.74, 6) is -1.45. The molecule has 0 spiro atoms. The quantitative estimate of drug-likeness (QED) is 0.669. The molecule has 1 aliphatic heterocycles. The van der Waals surface area contributed by atoms with Gasteiger partial charge in [0.15, 0.2) is 0 Å². The molecule has 2 rings (SSSR count). The minimum absolute atomic E-state index is 0.0344. The number of piperidine rings is 1. The van der Waals surface area contributed by atoms with Crippen LogP contribution < -0.4 is 10.6 Å². The first kappa shape index (κ1) is 20.4. The third kappa shape index (κ3) is 6.40. The second-order valence-corrected chi connectivity index (χ2v) is 6.23. The molecule has 0 radical (unpaired) electrons. The summed E-state index contributed by atoms with van der Waals surface area (Å²) >= 11 is 0. The summed E-state index contributed by atoms with van der Waals surface area (Å²) in [6, 6.07) is 9.04. The molecule has 8 heteroatoms. The Kier molecular flexibility index (Phi) is 7.79. The van der Waals surface area contributed by atoms with Crippen LogP contribution in [0, 0.1) is 5.92 Å². The van der Waals surface area contributed by atoms with Crippen LogP contribution in [-0.4, -0.2) is 61.4 Å². The maximum absolute atomic E-state index is 12.4. The first-order chi connectivity index (χ1) is 13.0. The van der Waals surface area contributed by atoms with Crippen LogP contribution in [0.5, 0.6) is 0 Å². The molecule has 1 aliphatic rings. The molecule has 0 saturated carbocycles. The van der Waals surface area contributed by atoms with Crippen molar-refractivity contribution in [3.63, 3.8) is 0 Å². The van der Waals surface area contributed by atoms with Crippen molar-refractivity contribution >= 4 is 23.7 Å². The molecule has 8 nitrogen and oxygen atoms in total. The molecule has 1 saturated heterocycles. The van der Waals surface area contributed by atoms with Gasteiger partial charge in [-0.3, -0.25) is 19.2 Å². The second-order valence-electron chi connectivity index (χ2n) is 6.23. The molecule has 1 aromatic rings. The second kappa shape index (κ2) is 10.3. The normalized spacial score (nSPS) is 14.3. The smallest absolute Gasteiger partial charge is 0.325 e. The third-order valence-corrected chi connectivity index (χ3v) is 4.33. The maximum Gasteiger partial charge on any atom is 0.325 e. The molecule has 146 valence electrons. The number of carbonyl (C=O) groups excluding carboxylic acids is 4. The number of hydrogen-bond acceptors (Lipinski definition) is 5. The highest BCUT2D eigenvalue weighted by molar-refractivity contribution is 5.94. The minimum atomic E-state index is -0.521. The van der Waals surface area contributed by atoms with E-state index in [2.05, 4.69) is 10.6 Å². The molecule has 0 bridgehead atoms. The topological polar surface area (TPSA) is 105 Å². The van der Waals surface area contributed by atoms with Crippen LogP contribution in [0.2, 0.25) is 0 Å². The lowest BCUT2D eigenvalue weighted by molar-refractivity contribution is -0.143. The Hall–Kier alpha value is -2.90. The summed E-state index contributed by atoms with van der Waals surface area (Å²) in [4.78, 5) is 49.2. The monoisotopic (exact) mass is 375 g/mol. The van der Waals surface area contributed by atoms with Crippen molar-refractivity contribution in [3.05, 3.63) is 35.9 Å². The summed E-state index contributed by atoms with van der Waals surface area (Å²) in [6.07, 6.45) is 1.10. The lowest BCUT2D eigenvalue weighted by Crippen LogP contribution is -2.45. The average Bonchev–Trinajstić information content (AvgIpc) is 2.71. The van der Waals surface area contributed by atoms with E-state index in [4.69, 9.17) is 4.74 Å². The molecule has 0 aromatic heterocycles. The van der Waals surface area contributed by atoms with Crippen molar-refractivity contribution in [1.29, 1.82) is 0 Å². The minimum Gasteiger partial charge on any atom is -0.465 e. The molecule has 0 atom stereocenters. The van der Waals surface area contributed by atoms with Gasteiger partial charge in [0.2, 0.25) is 11.8 Å². The number of amides is 3. The van der Waals surface area contributed by atoms with E-state index >= 15 is 0 Å². The highest BCUT2D eigenvalue weighted by atomic mass is 16.5. The maximum atomic E-state index is 12.4. The molecule has 2 N–H and O–H groups in total. The fraction of sp³-hybridized carbons (Fsp3) is 0.474. The Morgan fingerprint density at radius 1 is 1.04 bits per heavy atom. The Morgan fingerprint density at radius 3 is 2.33 bits per heavy atom. The van der Waals surface area contributed by atoms with Gasteiger partial charge in [0.25, 0.3) is 5.91 Å². The molecule has 0 unspecified atom stereocenters. The van der Waals surface area contributed by atoms with Gasteiger partial charge < -0.3 is 20.3 Å². The van der Waals surface area contributed by atoms with E-state index in [1.807, 2.05) is 18.2 Å². The molecular formula is C19H25N3O5. The molecular weight excluding hydrogens is 350 g/mol. The molecule has 3 amide bonds. The highest BCUT2D eigenvalue weighted by Crippen LogP contribution is 2.19. The summed E-state index contributed by atoms with van der Waals surface area (Å²) in [7, 11) is 0.